The van der Waals surface area contributed by atoms with Crippen LogP contribution in [0.4, 0.5) is 4.39 Å². The predicted octanol–water partition coefficient (Wildman–Crippen LogP) is 3.56. The molecule has 0 saturated carbocycles. The van der Waals surface area contributed by atoms with E-state index in [-0.39, 0.29) is 17.6 Å². The number of nitrogens with one attached hydrogen (secondary N) is 2. The second-order valence-electron chi connectivity index (χ2n) is 7.52. The third-order valence-electron chi connectivity index (χ3n) is 4.64. The number of benzene rings is 1. The molecule has 1 unspecified atom stereocenters. The first-order valence-electron chi connectivity index (χ1n) is 9.39. The third-order valence-corrected chi connectivity index (χ3v) is 7.39. The summed E-state index contributed by atoms with van der Waals surface area (Å²) >= 11 is 7.76. The Morgan fingerprint density at radius 1 is 1.42 bits per heavy atom. The number of hydrogen-bond donors (Lipinski definition) is 4. The summed E-state index contributed by atoms with van der Waals surface area (Å²) in [5.74, 6) is -0.556. The molecule has 2 atom stereocenters. The Balaban J connectivity index is 2.56. The SMILES string of the molecule is C/N=C(\OC=N)c1cc(F)cc(-c2cc(Cl)c([C@](C)(C[SH](=O)=O)NC(N)C(C)C)s2)c1. The zero-order valence-corrected chi connectivity index (χ0v) is 20.1. The van der Waals surface area contributed by atoms with Crippen LogP contribution < -0.4 is 11.1 Å². The average Bonchev–Trinajstić information content (AvgIpc) is 3.07. The lowest BCUT2D eigenvalue weighted by Gasteiger charge is -2.33. The summed E-state index contributed by atoms with van der Waals surface area (Å²) in [5.41, 5.74) is 6.02. The summed E-state index contributed by atoms with van der Waals surface area (Å²) in [5, 5.41) is 10.6. The summed E-state index contributed by atoms with van der Waals surface area (Å²) in [4.78, 5) is 5.16. The number of thiophene rings is 1. The highest BCUT2D eigenvalue weighted by molar-refractivity contribution is 7.72. The quantitative estimate of drug-likeness (QED) is 0.186. The van der Waals surface area contributed by atoms with Crippen LogP contribution in [0.5, 0.6) is 0 Å². The molecule has 1 aromatic carbocycles. The first kappa shape index (κ1) is 25.4. The molecule has 0 aliphatic carbocycles. The molecule has 4 N–H and O–H groups in total. The minimum atomic E-state index is -2.73. The van der Waals surface area contributed by atoms with Crippen molar-refractivity contribution < 1.29 is 17.5 Å². The summed E-state index contributed by atoms with van der Waals surface area (Å²) < 4.78 is 42.6. The molecule has 170 valence electrons. The van der Waals surface area contributed by atoms with Gasteiger partial charge in [0.1, 0.15) is 16.5 Å². The molecule has 0 aliphatic heterocycles. The van der Waals surface area contributed by atoms with E-state index in [9.17, 15) is 12.8 Å². The van der Waals surface area contributed by atoms with E-state index in [1.54, 1.807) is 19.1 Å². The van der Waals surface area contributed by atoms with Crippen LogP contribution in [-0.2, 0) is 21.0 Å². The minimum absolute atomic E-state index is 0.0634. The van der Waals surface area contributed by atoms with Gasteiger partial charge in [-0.2, -0.15) is 0 Å². The summed E-state index contributed by atoms with van der Waals surface area (Å²) in [6.45, 7) is 5.58. The maximum Gasteiger partial charge on any atom is 0.223 e. The highest BCUT2D eigenvalue weighted by Crippen LogP contribution is 2.41. The van der Waals surface area contributed by atoms with Crippen LogP contribution >= 0.6 is 22.9 Å². The molecule has 0 aliphatic rings. The number of nitrogens with zero attached hydrogens (tertiary/aromatic N) is 1. The van der Waals surface area contributed by atoms with Gasteiger partial charge in [0, 0.05) is 22.4 Å². The number of aliphatic imine (C=N–C) groups is 1. The van der Waals surface area contributed by atoms with Crippen molar-refractivity contribution >= 4 is 45.9 Å². The Morgan fingerprint density at radius 2 is 2.10 bits per heavy atom. The molecule has 11 heteroatoms. The molecule has 1 aromatic heterocycles. The molecular weight excluding hydrogens is 463 g/mol. The highest BCUT2D eigenvalue weighted by Gasteiger charge is 2.34. The second-order valence-corrected chi connectivity index (χ2v) is 9.96. The van der Waals surface area contributed by atoms with Crippen LogP contribution in [0, 0.1) is 17.1 Å². The number of halogens is 2. The Kier molecular flexibility index (Phi) is 8.73. The molecule has 2 rings (SSSR count). The first-order chi connectivity index (χ1) is 14.5. The van der Waals surface area contributed by atoms with Crippen molar-refractivity contribution in [3.8, 4) is 10.4 Å². The van der Waals surface area contributed by atoms with Crippen molar-refractivity contribution in [3.05, 3.63) is 45.5 Å². The normalized spacial score (nSPS) is 15.2. The van der Waals surface area contributed by atoms with Gasteiger partial charge in [-0.1, -0.05) is 25.4 Å². The maximum atomic E-state index is 14.3. The number of nitrogens with two attached hydrogens (primary N) is 1. The number of thiol groups is 1. The largest absolute Gasteiger partial charge is 0.428 e. The van der Waals surface area contributed by atoms with Gasteiger partial charge in [0.2, 0.25) is 5.90 Å². The molecule has 0 saturated heterocycles. The lowest BCUT2D eigenvalue weighted by atomic mass is 10.00. The van der Waals surface area contributed by atoms with Gasteiger partial charge in [-0.25, -0.2) is 12.8 Å². The Labute approximate surface area is 191 Å². The standard InChI is InChI=1S/C20H26ClFN4O3S2/c1-11(2)18(24)26-20(3,9-31(27)28)17-15(21)8-16(30-17)12-5-13(7-14(22)6-12)19(25-4)29-10-23/h5-8,10-11,18,23,26,31H,9,24H2,1-4H3/b23-10?,25-19-/t18?,20-/m0/s1. The number of rotatable bonds is 9. The molecule has 31 heavy (non-hydrogen) atoms. The smallest absolute Gasteiger partial charge is 0.223 e. The summed E-state index contributed by atoms with van der Waals surface area (Å²) in [6.07, 6.45) is 0.260. The summed E-state index contributed by atoms with van der Waals surface area (Å²) in [6, 6.07) is 5.92. The van der Waals surface area contributed by atoms with E-state index in [0.29, 0.717) is 32.3 Å². The zero-order chi connectivity index (χ0) is 23.3. The molecule has 0 spiro atoms. The van der Waals surface area contributed by atoms with E-state index in [4.69, 9.17) is 27.5 Å². The topological polar surface area (TPSA) is 118 Å². The predicted molar refractivity (Wildman–Crippen MR) is 126 cm³/mol. The lowest BCUT2D eigenvalue weighted by molar-refractivity contribution is 0.301. The van der Waals surface area contributed by atoms with Crippen molar-refractivity contribution in [1.29, 1.82) is 5.41 Å². The van der Waals surface area contributed by atoms with Gasteiger partial charge in [-0.05, 0) is 42.7 Å². The molecular formula is C20H26ClFN4O3S2. The Hall–Kier alpha value is -1.85. The van der Waals surface area contributed by atoms with Crippen LogP contribution in [0.15, 0.2) is 29.3 Å². The van der Waals surface area contributed by atoms with E-state index in [2.05, 4.69) is 10.3 Å². The van der Waals surface area contributed by atoms with Gasteiger partial charge < -0.3 is 10.5 Å². The highest BCUT2D eigenvalue weighted by atomic mass is 35.5. The first-order valence-corrected chi connectivity index (χ1v) is 11.9. The fourth-order valence-corrected chi connectivity index (χ4v) is 5.54. The minimum Gasteiger partial charge on any atom is -0.428 e. The van der Waals surface area contributed by atoms with Gasteiger partial charge in [0.15, 0.2) is 6.40 Å². The molecule has 1 heterocycles. The Bertz CT molecular complexity index is 1050. The van der Waals surface area contributed by atoms with Crippen molar-refractivity contribution in [3.63, 3.8) is 0 Å². The van der Waals surface area contributed by atoms with Crippen molar-refractivity contribution in [2.24, 2.45) is 16.6 Å². The van der Waals surface area contributed by atoms with Crippen LogP contribution in [0.2, 0.25) is 5.02 Å². The van der Waals surface area contributed by atoms with Gasteiger partial charge >= 0.3 is 0 Å². The van der Waals surface area contributed by atoms with Gasteiger partial charge in [-0.3, -0.25) is 15.7 Å². The van der Waals surface area contributed by atoms with Gasteiger partial charge in [0.25, 0.3) is 0 Å². The fourth-order valence-electron chi connectivity index (χ4n) is 3.02. The van der Waals surface area contributed by atoms with E-state index < -0.39 is 28.2 Å². The van der Waals surface area contributed by atoms with Crippen LogP contribution in [-0.4, -0.2) is 39.7 Å². The number of hydrogen-bond acceptors (Lipinski definition) is 8. The molecule has 0 radical (unpaired) electrons. The van der Waals surface area contributed by atoms with E-state index in [1.807, 2.05) is 13.8 Å². The van der Waals surface area contributed by atoms with E-state index >= 15 is 0 Å². The van der Waals surface area contributed by atoms with E-state index in [1.165, 1.54) is 30.5 Å². The van der Waals surface area contributed by atoms with Crippen molar-refractivity contribution in [1.82, 2.24) is 5.32 Å². The zero-order valence-electron chi connectivity index (χ0n) is 17.6. The maximum absolute atomic E-state index is 14.3. The average molecular weight is 489 g/mol. The molecule has 7 nitrogen and oxygen atoms in total. The van der Waals surface area contributed by atoms with Crippen LogP contribution in [0.25, 0.3) is 10.4 Å². The van der Waals surface area contributed by atoms with Crippen LogP contribution in [0.3, 0.4) is 0 Å². The van der Waals surface area contributed by atoms with Crippen molar-refractivity contribution in [2.45, 2.75) is 32.5 Å². The molecule has 2 aromatic rings. The monoisotopic (exact) mass is 488 g/mol. The van der Waals surface area contributed by atoms with Crippen LogP contribution in [0.1, 0.15) is 31.2 Å². The fraction of sp³-hybridized carbons (Fsp3) is 0.400. The van der Waals surface area contributed by atoms with E-state index in [0.717, 1.165) is 0 Å². The molecule has 0 bridgehead atoms. The third kappa shape index (κ3) is 6.33. The van der Waals surface area contributed by atoms with Crippen molar-refractivity contribution in [2.75, 3.05) is 12.8 Å². The molecule has 0 amide bonds. The second kappa shape index (κ2) is 10.6. The number of ether oxygens (including phenoxy) is 1. The molecule has 0 fully saturated rings. The lowest BCUT2D eigenvalue weighted by Crippen LogP contribution is -2.54. The van der Waals surface area contributed by atoms with Gasteiger partial charge in [0.05, 0.1) is 22.5 Å². The van der Waals surface area contributed by atoms with Gasteiger partial charge in [-0.15, -0.1) is 11.3 Å². The summed E-state index contributed by atoms with van der Waals surface area (Å²) in [7, 11) is -1.25. The Morgan fingerprint density at radius 3 is 2.65 bits per heavy atom.